The van der Waals surface area contributed by atoms with Gasteiger partial charge in [-0.3, -0.25) is 9.69 Å². The molecule has 37 heavy (non-hydrogen) atoms. The Balaban J connectivity index is 1.32. The maximum Gasteiger partial charge on any atom is 0.321 e. The summed E-state index contributed by atoms with van der Waals surface area (Å²) in [6.45, 7) is 1.44. The lowest BCUT2D eigenvalue weighted by Crippen LogP contribution is -2.56. The second-order valence-corrected chi connectivity index (χ2v) is 11.2. The lowest BCUT2D eigenvalue weighted by atomic mass is 9.68. The first-order valence-electron chi connectivity index (χ1n) is 13.4. The van der Waals surface area contributed by atoms with Crippen LogP contribution >= 0.6 is 0 Å². The van der Waals surface area contributed by atoms with Gasteiger partial charge in [0.15, 0.2) is 0 Å². The molecular weight excluding hydrogens is 466 g/mol. The van der Waals surface area contributed by atoms with Crippen molar-refractivity contribution in [1.29, 1.82) is 0 Å². The van der Waals surface area contributed by atoms with E-state index in [1.165, 1.54) is 24.8 Å². The Bertz CT molecular complexity index is 1090. The van der Waals surface area contributed by atoms with Crippen molar-refractivity contribution in [3.05, 3.63) is 54.2 Å². The first-order valence-corrected chi connectivity index (χ1v) is 13.4. The molecule has 2 saturated carbocycles. The molecule has 3 aliphatic rings. The summed E-state index contributed by atoms with van der Waals surface area (Å²) in [5.74, 6) is 1.43. The molecule has 1 N–H and O–H groups in total. The molecular formula is C29H39N5O3. The normalized spacial score (nSPS) is 26.0. The molecule has 0 unspecified atom stereocenters. The molecule has 2 heterocycles. The number of methoxy groups -OCH3 is 1. The third-order valence-electron chi connectivity index (χ3n) is 8.97. The number of anilines is 1. The number of ether oxygens (including phenoxy) is 1. The van der Waals surface area contributed by atoms with Crippen LogP contribution in [-0.4, -0.2) is 78.0 Å². The Kier molecular flexibility index (Phi) is 7.12. The fourth-order valence-corrected chi connectivity index (χ4v) is 6.44. The summed E-state index contributed by atoms with van der Waals surface area (Å²) in [5.41, 5.74) is 1.08. The zero-order valence-corrected chi connectivity index (χ0v) is 22.3. The summed E-state index contributed by atoms with van der Waals surface area (Å²) < 4.78 is 5.14. The first-order chi connectivity index (χ1) is 17.8. The summed E-state index contributed by atoms with van der Waals surface area (Å²) in [4.78, 5) is 37.1. The van der Waals surface area contributed by atoms with Crippen molar-refractivity contribution in [2.75, 3.05) is 46.2 Å². The fourth-order valence-electron chi connectivity index (χ4n) is 6.44. The molecule has 3 amide bonds. The lowest BCUT2D eigenvalue weighted by Gasteiger charge is -2.51. The van der Waals surface area contributed by atoms with E-state index >= 15 is 0 Å². The first kappa shape index (κ1) is 25.5. The number of nitrogens with one attached hydrogen (secondary N) is 1. The van der Waals surface area contributed by atoms with Gasteiger partial charge in [0.05, 0.1) is 18.8 Å². The maximum atomic E-state index is 13.7. The van der Waals surface area contributed by atoms with Crippen LogP contribution in [0.2, 0.25) is 0 Å². The largest absolute Gasteiger partial charge is 0.495 e. The number of aromatic nitrogens is 1. The monoisotopic (exact) mass is 505 g/mol. The third kappa shape index (κ3) is 4.91. The summed E-state index contributed by atoms with van der Waals surface area (Å²) in [6.07, 6.45) is 9.01. The Hall–Kier alpha value is -3.13. The van der Waals surface area contributed by atoms with Crippen LogP contribution in [-0.2, 0) is 10.3 Å². The van der Waals surface area contributed by atoms with Crippen molar-refractivity contribution in [2.24, 2.45) is 5.92 Å². The van der Waals surface area contributed by atoms with E-state index in [1.807, 2.05) is 0 Å². The molecule has 2 aromatic rings. The van der Waals surface area contributed by atoms with E-state index in [1.54, 1.807) is 30.3 Å². The highest BCUT2D eigenvalue weighted by atomic mass is 16.5. The molecule has 1 spiro atoms. The molecule has 5 rings (SSSR count). The molecule has 1 aromatic carbocycles. The summed E-state index contributed by atoms with van der Waals surface area (Å²) in [6, 6.07) is 14.2. The Morgan fingerprint density at radius 2 is 1.84 bits per heavy atom. The molecule has 1 saturated heterocycles. The summed E-state index contributed by atoms with van der Waals surface area (Å²) in [7, 11) is 5.91. The minimum atomic E-state index is -0.227. The lowest BCUT2D eigenvalue weighted by molar-refractivity contribution is -0.116. The predicted molar refractivity (Wildman–Crippen MR) is 143 cm³/mol. The van der Waals surface area contributed by atoms with Crippen LogP contribution in [0.4, 0.5) is 10.6 Å². The van der Waals surface area contributed by atoms with Crippen molar-refractivity contribution in [3.8, 4) is 5.75 Å². The second kappa shape index (κ2) is 10.3. The van der Waals surface area contributed by atoms with E-state index in [-0.39, 0.29) is 29.6 Å². The zero-order chi connectivity index (χ0) is 26.0. The van der Waals surface area contributed by atoms with Gasteiger partial charge >= 0.3 is 6.03 Å². The molecule has 1 aromatic heterocycles. The zero-order valence-electron chi connectivity index (χ0n) is 22.3. The van der Waals surface area contributed by atoms with Crippen molar-refractivity contribution in [2.45, 2.75) is 56.0 Å². The number of rotatable bonds is 8. The maximum absolute atomic E-state index is 13.7. The van der Waals surface area contributed by atoms with Crippen LogP contribution in [0, 0.1) is 5.92 Å². The molecule has 3 fully saturated rings. The van der Waals surface area contributed by atoms with Crippen molar-refractivity contribution in [1.82, 2.24) is 19.7 Å². The number of nitrogens with zero attached hydrogens (tertiary/aromatic N) is 4. The quantitative estimate of drug-likeness (QED) is 0.578. The molecule has 8 heteroatoms. The second-order valence-electron chi connectivity index (χ2n) is 11.2. The average Bonchev–Trinajstić information content (AvgIpc) is 3.12. The molecule has 198 valence electrons. The van der Waals surface area contributed by atoms with Gasteiger partial charge in [-0.15, -0.1) is 0 Å². The van der Waals surface area contributed by atoms with Gasteiger partial charge in [-0.1, -0.05) is 36.8 Å². The smallest absolute Gasteiger partial charge is 0.321 e. The van der Waals surface area contributed by atoms with Crippen LogP contribution in [0.5, 0.6) is 5.75 Å². The van der Waals surface area contributed by atoms with E-state index in [0.717, 1.165) is 32.2 Å². The number of carbonyl (C=O) groups excluding carboxylic acids is 2. The number of hydrogen-bond donors (Lipinski definition) is 1. The van der Waals surface area contributed by atoms with Gasteiger partial charge in [0, 0.05) is 18.6 Å². The fraction of sp³-hybridized carbons (Fsp3) is 0.552. The number of amides is 3. The standard InChI is InChI=1S/C29H39N5O3/c1-32(2)29(23-10-5-4-6-11-23)16-14-28(15-17-29)21-33(27(36)34(28)19-22-8-7-9-22)20-26(35)31-25-13-12-24(37-3)18-30-25/h4-6,10-13,18,22H,7-9,14-17,19-21H2,1-3H3,(H,30,31,35)/t28-,29+. The van der Waals surface area contributed by atoms with Crippen LogP contribution < -0.4 is 10.1 Å². The molecule has 0 atom stereocenters. The average molecular weight is 506 g/mol. The Labute approximate surface area is 220 Å². The van der Waals surface area contributed by atoms with E-state index in [2.05, 4.69) is 64.5 Å². The van der Waals surface area contributed by atoms with Gasteiger partial charge < -0.3 is 19.9 Å². The number of carbonyl (C=O) groups is 2. The Morgan fingerprint density at radius 3 is 2.41 bits per heavy atom. The van der Waals surface area contributed by atoms with Gasteiger partial charge in [0.25, 0.3) is 0 Å². The predicted octanol–water partition coefficient (Wildman–Crippen LogP) is 4.34. The highest BCUT2D eigenvalue weighted by Crippen LogP contribution is 2.49. The van der Waals surface area contributed by atoms with E-state index in [4.69, 9.17) is 4.74 Å². The van der Waals surface area contributed by atoms with Crippen molar-refractivity contribution < 1.29 is 14.3 Å². The Morgan fingerprint density at radius 1 is 1.11 bits per heavy atom. The van der Waals surface area contributed by atoms with E-state index in [0.29, 0.717) is 24.0 Å². The van der Waals surface area contributed by atoms with Crippen LogP contribution in [0.25, 0.3) is 0 Å². The van der Waals surface area contributed by atoms with E-state index in [9.17, 15) is 9.59 Å². The summed E-state index contributed by atoms with van der Waals surface area (Å²) >= 11 is 0. The van der Waals surface area contributed by atoms with Gasteiger partial charge in [0.1, 0.15) is 18.1 Å². The number of hydrogen-bond acceptors (Lipinski definition) is 5. The number of urea groups is 1. The number of benzene rings is 1. The van der Waals surface area contributed by atoms with Gasteiger partial charge in [0.2, 0.25) is 5.91 Å². The SMILES string of the molecule is COc1ccc(NC(=O)CN2C[C@]3(CC[C@](c4ccccc4)(N(C)C)CC3)N(CC3CCC3)C2=O)nc1. The van der Waals surface area contributed by atoms with Crippen molar-refractivity contribution >= 4 is 17.8 Å². The topological polar surface area (TPSA) is 78.0 Å². The van der Waals surface area contributed by atoms with Crippen LogP contribution in [0.1, 0.15) is 50.5 Å². The molecule has 0 bridgehead atoms. The minimum absolute atomic E-state index is 0.00167. The van der Waals surface area contributed by atoms with E-state index < -0.39 is 0 Å². The van der Waals surface area contributed by atoms with Crippen molar-refractivity contribution in [3.63, 3.8) is 0 Å². The number of pyridine rings is 1. The molecule has 0 radical (unpaired) electrons. The van der Waals surface area contributed by atoms with Crippen LogP contribution in [0.3, 0.4) is 0 Å². The highest BCUT2D eigenvalue weighted by Gasteiger charge is 2.55. The molecule has 1 aliphatic heterocycles. The van der Waals surface area contributed by atoms with Gasteiger partial charge in [-0.2, -0.15) is 0 Å². The highest BCUT2D eigenvalue weighted by molar-refractivity contribution is 5.94. The molecule has 2 aliphatic carbocycles. The summed E-state index contributed by atoms with van der Waals surface area (Å²) in [5, 5.41) is 2.83. The minimum Gasteiger partial charge on any atom is -0.495 e. The third-order valence-corrected chi connectivity index (χ3v) is 8.97. The van der Waals surface area contributed by atoms with Gasteiger partial charge in [-0.25, -0.2) is 9.78 Å². The van der Waals surface area contributed by atoms with Gasteiger partial charge in [-0.05, 0) is 76.2 Å². The molecule has 8 nitrogen and oxygen atoms in total. The van der Waals surface area contributed by atoms with Crippen LogP contribution in [0.15, 0.2) is 48.7 Å².